The second-order valence-electron chi connectivity index (χ2n) is 9.59. The van der Waals surface area contributed by atoms with Crippen LogP contribution in [-0.2, 0) is 27.4 Å². The van der Waals surface area contributed by atoms with Gasteiger partial charge < -0.3 is 14.8 Å². The number of hydrogen-bond acceptors (Lipinski definition) is 6. The average Bonchev–Trinajstić information content (AvgIpc) is 3.19. The number of esters is 1. The van der Waals surface area contributed by atoms with Gasteiger partial charge in [-0.3, -0.25) is 4.79 Å². The maximum atomic E-state index is 13.4. The van der Waals surface area contributed by atoms with Crippen LogP contribution in [0.2, 0.25) is 5.02 Å². The van der Waals surface area contributed by atoms with E-state index >= 15 is 0 Å². The summed E-state index contributed by atoms with van der Waals surface area (Å²) in [4.78, 5) is 28.4. The summed E-state index contributed by atoms with van der Waals surface area (Å²) in [5.41, 5.74) is 3.74. The summed E-state index contributed by atoms with van der Waals surface area (Å²) in [6, 6.07) is 9.46. The highest BCUT2D eigenvalue weighted by molar-refractivity contribution is 7.12. The molecule has 0 saturated carbocycles. The number of nitrogens with one attached hydrogen (secondary N) is 1. The first kappa shape index (κ1) is 24.6. The normalized spacial score (nSPS) is 19.6. The number of benzene rings is 1. The van der Waals surface area contributed by atoms with Crippen LogP contribution >= 0.6 is 22.9 Å². The van der Waals surface area contributed by atoms with Crippen molar-refractivity contribution in [1.29, 1.82) is 0 Å². The van der Waals surface area contributed by atoms with Crippen LogP contribution in [0.3, 0.4) is 0 Å². The first-order valence-corrected chi connectivity index (χ1v) is 12.7. The summed E-state index contributed by atoms with van der Waals surface area (Å²) in [6.45, 7) is 8.54. The molecule has 1 N–H and O–H groups in total. The molecule has 0 amide bonds. The topological polar surface area (TPSA) is 64.6 Å². The minimum absolute atomic E-state index is 0.0815. The van der Waals surface area contributed by atoms with E-state index in [1.807, 2.05) is 25.1 Å². The first-order chi connectivity index (χ1) is 16.1. The summed E-state index contributed by atoms with van der Waals surface area (Å²) in [7, 11) is 1.38. The molecular weight excluding hydrogens is 470 g/mol. The van der Waals surface area contributed by atoms with Crippen LogP contribution in [-0.4, -0.2) is 18.9 Å². The molecule has 1 aromatic heterocycles. The van der Waals surface area contributed by atoms with Crippen LogP contribution in [0, 0.1) is 5.41 Å². The van der Waals surface area contributed by atoms with Crippen molar-refractivity contribution in [2.24, 2.45) is 5.41 Å². The van der Waals surface area contributed by atoms with Gasteiger partial charge in [0.05, 0.1) is 23.6 Å². The van der Waals surface area contributed by atoms with Gasteiger partial charge in [-0.2, -0.15) is 0 Å². The zero-order valence-electron chi connectivity index (χ0n) is 20.2. The van der Waals surface area contributed by atoms with E-state index in [-0.39, 0.29) is 11.2 Å². The lowest BCUT2D eigenvalue weighted by Gasteiger charge is -2.39. The van der Waals surface area contributed by atoms with Crippen LogP contribution in [0.25, 0.3) is 0 Å². The number of methoxy groups -OCH3 is 1. The highest BCUT2D eigenvalue weighted by Crippen LogP contribution is 2.48. The fraction of sp³-hybridized carbons (Fsp3) is 0.407. The summed E-state index contributed by atoms with van der Waals surface area (Å²) >= 11 is 7.89. The Morgan fingerprint density at radius 2 is 2.00 bits per heavy atom. The molecule has 2 aliphatic rings. The van der Waals surface area contributed by atoms with Crippen molar-refractivity contribution < 1.29 is 19.1 Å². The van der Waals surface area contributed by atoms with Crippen molar-refractivity contribution in [3.63, 3.8) is 0 Å². The van der Waals surface area contributed by atoms with Gasteiger partial charge in [-0.25, -0.2) is 4.79 Å². The Balaban J connectivity index is 1.77. The van der Waals surface area contributed by atoms with E-state index in [4.69, 9.17) is 21.1 Å². The maximum Gasteiger partial charge on any atom is 0.336 e. The molecule has 1 atom stereocenters. The molecule has 180 valence electrons. The zero-order valence-corrected chi connectivity index (χ0v) is 21.8. The fourth-order valence-corrected chi connectivity index (χ4v) is 6.29. The van der Waals surface area contributed by atoms with Crippen LogP contribution in [0.1, 0.15) is 61.8 Å². The van der Waals surface area contributed by atoms with Crippen LogP contribution in [0.4, 0.5) is 0 Å². The van der Waals surface area contributed by atoms with Crippen LogP contribution < -0.4 is 10.1 Å². The number of dihydropyridines is 1. The van der Waals surface area contributed by atoms with Gasteiger partial charge in [-0.05, 0) is 43.4 Å². The Hall–Kier alpha value is -2.57. The number of carbonyl (C=O) groups is 2. The van der Waals surface area contributed by atoms with Gasteiger partial charge in [0.1, 0.15) is 12.4 Å². The lowest BCUT2D eigenvalue weighted by molar-refractivity contribution is -0.136. The highest BCUT2D eigenvalue weighted by atomic mass is 35.5. The molecule has 1 aromatic carbocycles. The molecule has 34 heavy (non-hydrogen) atoms. The number of ether oxygens (including phenoxy) is 2. The SMILES string of the molecule is CCc1sc([C@H]2C(C(=O)OC)=C(C)NC3=C2C(=O)CC(C)(C)C3)cc1COc1ccccc1Cl. The van der Waals surface area contributed by atoms with Crippen molar-refractivity contribution >= 4 is 34.7 Å². The fourth-order valence-electron chi connectivity index (χ4n) is 4.87. The molecule has 0 bridgehead atoms. The molecule has 5 nitrogen and oxygen atoms in total. The standard InChI is InChI=1S/C27H30ClNO4S/c1-6-21-16(14-33-20-10-8-7-9-17(20)28)11-22(34-21)25-23(26(31)32-5)15(2)29-18-12-27(3,4)13-19(30)24(18)25/h7-11,25,29H,6,12-14H2,1-5H3/t25-/m0/s1. The van der Waals surface area contributed by atoms with E-state index in [0.717, 1.165) is 39.6 Å². The molecule has 2 aromatic rings. The predicted molar refractivity (Wildman–Crippen MR) is 135 cm³/mol. The van der Waals surface area contributed by atoms with Crippen molar-refractivity contribution in [2.45, 2.75) is 59.5 Å². The molecule has 0 spiro atoms. The lowest BCUT2D eigenvalue weighted by atomic mass is 9.70. The van der Waals surface area contributed by atoms with Gasteiger partial charge in [0, 0.05) is 38.7 Å². The van der Waals surface area contributed by atoms with E-state index in [2.05, 4.69) is 32.2 Å². The summed E-state index contributed by atoms with van der Waals surface area (Å²) in [5.74, 6) is -0.157. The number of allylic oxidation sites excluding steroid dienone is 3. The molecule has 0 saturated heterocycles. The van der Waals surface area contributed by atoms with Crippen molar-refractivity contribution in [3.05, 3.63) is 73.2 Å². The Morgan fingerprint density at radius 1 is 1.26 bits per heavy atom. The van der Waals surface area contributed by atoms with Gasteiger partial charge in [-0.1, -0.05) is 44.5 Å². The average molecular weight is 500 g/mol. The summed E-state index contributed by atoms with van der Waals surface area (Å²) in [5, 5.41) is 3.92. The second kappa shape index (κ2) is 9.59. The van der Waals surface area contributed by atoms with E-state index in [0.29, 0.717) is 34.9 Å². The molecule has 1 aliphatic carbocycles. The number of halogens is 1. The number of rotatable bonds is 6. The monoisotopic (exact) mass is 499 g/mol. The Kier molecular flexibility index (Phi) is 6.92. The third-order valence-electron chi connectivity index (χ3n) is 6.39. The second-order valence-corrected chi connectivity index (χ2v) is 11.2. The quantitative estimate of drug-likeness (QED) is 0.471. The van der Waals surface area contributed by atoms with Crippen LogP contribution in [0.15, 0.2) is 52.9 Å². The largest absolute Gasteiger partial charge is 0.487 e. The molecule has 0 radical (unpaired) electrons. The van der Waals surface area contributed by atoms with E-state index in [1.165, 1.54) is 7.11 Å². The third-order valence-corrected chi connectivity index (χ3v) is 8.08. The molecule has 0 unspecified atom stereocenters. The van der Waals surface area contributed by atoms with Gasteiger partial charge in [0.15, 0.2) is 5.78 Å². The minimum Gasteiger partial charge on any atom is -0.487 e. The molecule has 0 fully saturated rings. The smallest absolute Gasteiger partial charge is 0.336 e. The lowest BCUT2D eigenvalue weighted by Crippen LogP contribution is -2.38. The number of ketones is 1. The van der Waals surface area contributed by atoms with E-state index < -0.39 is 11.9 Å². The number of aryl methyl sites for hydroxylation is 1. The minimum atomic E-state index is -0.448. The molecule has 1 aliphatic heterocycles. The van der Waals surface area contributed by atoms with Gasteiger partial charge in [0.25, 0.3) is 0 Å². The molecular formula is C27H30ClNO4S. The number of Topliss-reactive ketones (excluding diaryl/α,β-unsaturated/α-hetero) is 1. The first-order valence-electron chi connectivity index (χ1n) is 11.5. The molecule has 7 heteroatoms. The van der Waals surface area contributed by atoms with Crippen molar-refractivity contribution in [3.8, 4) is 5.75 Å². The van der Waals surface area contributed by atoms with E-state index in [9.17, 15) is 9.59 Å². The van der Waals surface area contributed by atoms with E-state index in [1.54, 1.807) is 17.4 Å². The number of carbonyl (C=O) groups excluding carboxylic acids is 2. The Bertz CT molecular complexity index is 1210. The maximum absolute atomic E-state index is 13.4. The summed E-state index contributed by atoms with van der Waals surface area (Å²) < 4.78 is 11.2. The number of hydrogen-bond donors (Lipinski definition) is 1. The van der Waals surface area contributed by atoms with Crippen molar-refractivity contribution in [1.82, 2.24) is 5.32 Å². The van der Waals surface area contributed by atoms with Crippen molar-refractivity contribution in [2.75, 3.05) is 7.11 Å². The predicted octanol–water partition coefficient (Wildman–Crippen LogP) is 6.32. The Labute approximate surface area is 209 Å². The van der Waals surface area contributed by atoms with Crippen LogP contribution in [0.5, 0.6) is 5.75 Å². The molecule has 2 heterocycles. The number of thiophene rings is 1. The van der Waals surface area contributed by atoms with Gasteiger partial charge in [-0.15, -0.1) is 11.3 Å². The number of para-hydroxylation sites is 1. The third kappa shape index (κ3) is 4.66. The van der Waals surface area contributed by atoms with Gasteiger partial charge >= 0.3 is 5.97 Å². The Morgan fingerprint density at radius 3 is 2.68 bits per heavy atom. The van der Waals surface area contributed by atoms with Gasteiger partial charge in [0.2, 0.25) is 0 Å². The highest BCUT2D eigenvalue weighted by Gasteiger charge is 2.43. The zero-order chi connectivity index (χ0) is 24.6. The molecule has 4 rings (SSSR count). The summed E-state index contributed by atoms with van der Waals surface area (Å²) in [6.07, 6.45) is 2.02.